The number of likely N-dealkylation sites (N-methyl/N-ethyl adjacent to an activating group) is 1. The highest BCUT2D eigenvalue weighted by molar-refractivity contribution is 5.83. The van der Waals surface area contributed by atoms with Gasteiger partial charge in [0.1, 0.15) is 5.78 Å². The van der Waals surface area contributed by atoms with Gasteiger partial charge in [-0.15, -0.1) is 0 Å². The molecule has 1 aliphatic carbocycles. The second kappa shape index (κ2) is 5.64. The second-order valence-electron chi connectivity index (χ2n) is 5.24. The summed E-state index contributed by atoms with van der Waals surface area (Å²) >= 11 is 0. The molecule has 0 aliphatic heterocycles. The fraction of sp³-hybridized carbons (Fsp3) is 0.923. The molecule has 0 radical (unpaired) electrons. The lowest BCUT2D eigenvalue weighted by Crippen LogP contribution is -2.39. The van der Waals surface area contributed by atoms with E-state index < -0.39 is 0 Å². The maximum Gasteiger partial charge on any atom is 0.149 e. The van der Waals surface area contributed by atoms with Gasteiger partial charge in [0.25, 0.3) is 0 Å². The van der Waals surface area contributed by atoms with E-state index in [1.165, 1.54) is 32.1 Å². The topological polar surface area (TPSA) is 29.1 Å². The first-order chi connectivity index (χ1) is 7.11. The molecular formula is C13H25NO. The van der Waals surface area contributed by atoms with Crippen LogP contribution in [-0.4, -0.2) is 18.9 Å². The summed E-state index contributed by atoms with van der Waals surface area (Å²) in [6.45, 7) is 4.30. The van der Waals surface area contributed by atoms with Gasteiger partial charge in [-0.25, -0.2) is 0 Å². The van der Waals surface area contributed by atoms with E-state index in [1.807, 2.05) is 14.0 Å². The van der Waals surface area contributed by atoms with Crippen LogP contribution in [-0.2, 0) is 4.79 Å². The Kier molecular flexibility index (Phi) is 4.78. The molecule has 1 unspecified atom stereocenters. The molecule has 2 nitrogen and oxygen atoms in total. The van der Waals surface area contributed by atoms with E-state index in [0.717, 1.165) is 6.42 Å². The minimum atomic E-state index is 0.0816. The van der Waals surface area contributed by atoms with Crippen molar-refractivity contribution in [3.63, 3.8) is 0 Å². The third-order valence-corrected chi connectivity index (χ3v) is 3.84. The minimum Gasteiger partial charge on any atom is -0.311 e. The van der Waals surface area contributed by atoms with Crippen LogP contribution >= 0.6 is 0 Å². The summed E-state index contributed by atoms with van der Waals surface area (Å²) in [5, 5.41) is 3.18. The molecule has 1 aliphatic rings. The minimum absolute atomic E-state index is 0.0816. The maximum atomic E-state index is 11.7. The normalized spacial score (nSPS) is 22.3. The molecule has 88 valence electrons. The first-order valence-corrected chi connectivity index (χ1v) is 6.31. The highest BCUT2D eigenvalue weighted by Gasteiger charge is 2.31. The lowest BCUT2D eigenvalue weighted by Gasteiger charge is -2.36. The Morgan fingerprint density at radius 3 is 2.40 bits per heavy atom. The zero-order valence-electron chi connectivity index (χ0n) is 10.4. The zero-order chi connectivity index (χ0) is 11.3. The average molecular weight is 211 g/mol. The summed E-state index contributed by atoms with van der Waals surface area (Å²) in [4.78, 5) is 11.7. The molecule has 0 spiro atoms. The molecule has 1 fully saturated rings. The van der Waals surface area contributed by atoms with E-state index >= 15 is 0 Å². The van der Waals surface area contributed by atoms with Crippen LogP contribution in [0.4, 0.5) is 0 Å². The number of carbonyl (C=O) groups is 1. The lowest BCUT2D eigenvalue weighted by atomic mass is 9.71. The van der Waals surface area contributed by atoms with E-state index in [9.17, 15) is 4.79 Å². The van der Waals surface area contributed by atoms with Crippen LogP contribution in [0.25, 0.3) is 0 Å². The number of ketones is 1. The molecule has 0 aromatic heterocycles. The van der Waals surface area contributed by atoms with Crippen LogP contribution in [0.2, 0.25) is 0 Å². The van der Waals surface area contributed by atoms with Crippen molar-refractivity contribution < 1.29 is 4.79 Å². The smallest absolute Gasteiger partial charge is 0.149 e. The van der Waals surface area contributed by atoms with E-state index in [4.69, 9.17) is 0 Å². The number of hydrogen-bond acceptors (Lipinski definition) is 2. The predicted molar refractivity (Wildman–Crippen MR) is 64.0 cm³/mol. The van der Waals surface area contributed by atoms with Crippen LogP contribution < -0.4 is 5.32 Å². The SMILES string of the molecule is CCC(=O)C(CC1(C)CCCCC1)NC. The van der Waals surface area contributed by atoms with Gasteiger partial charge in [-0.05, 0) is 31.7 Å². The molecule has 0 saturated heterocycles. The van der Waals surface area contributed by atoms with Crippen LogP contribution in [0.1, 0.15) is 58.8 Å². The predicted octanol–water partition coefficient (Wildman–Crippen LogP) is 2.91. The Morgan fingerprint density at radius 1 is 1.33 bits per heavy atom. The van der Waals surface area contributed by atoms with Crippen LogP contribution in [0.15, 0.2) is 0 Å². The Labute approximate surface area is 93.8 Å². The van der Waals surface area contributed by atoms with Gasteiger partial charge >= 0.3 is 0 Å². The molecule has 1 rings (SSSR count). The van der Waals surface area contributed by atoms with Crippen molar-refractivity contribution >= 4 is 5.78 Å². The highest BCUT2D eigenvalue weighted by atomic mass is 16.1. The highest BCUT2D eigenvalue weighted by Crippen LogP contribution is 2.39. The third kappa shape index (κ3) is 3.60. The Morgan fingerprint density at radius 2 is 1.93 bits per heavy atom. The van der Waals surface area contributed by atoms with E-state index in [2.05, 4.69) is 12.2 Å². The van der Waals surface area contributed by atoms with E-state index in [-0.39, 0.29) is 6.04 Å². The molecule has 0 bridgehead atoms. The second-order valence-corrected chi connectivity index (χ2v) is 5.24. The lowest BCUT2D eigenvalue weighted by molar-refractivity contribution is -0.121. The fourth-order valence-electron chi connectivity index (χ4n) is 2.73. The molecule has 1 N–H and O–H groups in total. The van der Waals surface area contributed by atoms with Crippen molar-refractivity contribution in [1.82, 2.24) is 5.32 Å². The van der Waals surface area contributed by atoms with Gasteiger partial charge in [-0.3, -0.25) is 4.79 Å². The van der Waals surface area contributed by atoms with Crippen molar-refractivity contribution in [2.75, 3.05) is 7.05 Å². The summed E-state index contributed by atoms with van der Waals surface area (Å²) < 4.78 is 0. The van der Waals surface area contributed by atoms with Crippen molar-refractivity contribution in [2.24, 2.45) is 5.41 Å². The van der Waals surface area contributed by atoms with Gasteiger partial charge in [-0.2, -0.15) is 0 Å². The van der Waals surface area contributed by atoms with Crippen molar-refractivity contribution in [1.29, 1.82) is 0 Å². The monoisotopic (exact) mass is 211 g/mol. The number of carbonyl (C=O) groups excluding carboxylic acids is 1. The quantitative estimate of drug-likeness (QED) is 0.757. The molecule has 0 amide bonds. The number of rotatable bonds is 5. The molecule has 1 saturated carbocycles. The molecular weight excluding hydrogens is 186 g/mol. The average Bonchev–Trinajstić information content (AvgIpc) is 2.26. The number of Topliss-reactive ketones (excluding diaryl/α,β-unsaturated/α-hetero) is 1. The molecule has 0 aromatic rings. The van der Waals surface area contributed by atoms with Gasteiger partial charge in [0.15, 0.2) is 0 Å². The van der Waals surface area contributed by atoms with Crippen LogP contribution in [0.5, 0.6) is 0 Å². The van der Waals surface area contributed by atoms with Gasteiger partial charge in [0, 0.05) is 6.42 Å². The van der Waals surface area contributed by atoms with Gasteiger partial charge < -0.3 is 5.32 Å². The maximum absolute atomic E-state index is 11.7. The Balaban J connectivity index is 2.52. The largest absolute Gasteiger partial charge is 0.311 e. The van der Waals surface area contributed by atoms with Gasteiger partial charge in [-0.1, -0.05) is 33.1 Å². The first-order valence-electron chi connectivity index (χ1n) is 6.31. The molecule has 2 heteroatoms. The summed E-state index contributed by atoms with van der Waals surface area (Å²) in [7, 11) is 1.91. The third-order valence-electron chi connectivity index (χ3n) is 3.84. The fourth-order valence-corrected chi connectivity index (χ4v) is 2.73. The number of hydrogen-bond donors (Lipinski definition) is 1. The van der Waals surface area contributed by atoms with Gasteiger partial charge in [0.05, 0.1) is 6.04 Å². The summed E-state index contributed by atoms with van der Waals surface area (Å²) in [6.07, 6.45) is 8.32. The van der Waals surface area contributed by atoms with Crippen LogP contribution in [0, 0.1) is 5.41 Å². The van der Waals surface area contributed by atoms with Crippen LogP contribution in [0.3, 0.4) is 0 Å². The number of nitrogens with one attached hydrogen (secondary N) is 1. The summed E-state index contributed by atoms with van der Waals surface area (Å²) in [6, 6.07) is 0.0816. The summed E-state index contributed by atoms with van der Waals surface area (Å²) in [5.74, 6) is 0.365. The van der Waals surface area contributed by atoms with Gasteiger partial charge in [0.2, 0.25) is 0 Å². The van der Waals surface area contributed by atoms with E-state index in [1.54, 1.807) is 0 Å². The van der Waals surface area contributed by atoms with Crippen molar-refractivity contribution in [3.8, 4) is 0 Å². The van der Waals surface area contributed by atoms with Crippen molar-refractivity contribution in [3.05, 3.63) is 0 Å². The molecule has 1 atom stereocenters. The first kappa shape index (κ1) is 12.7. The molecule has 0 heterocycles. The summed E-state index contributed by atoms with van der Waals surface area (Å²) in [5.41, 5.74) is 0.400. The van der Waals surface area contributed by atoms with Crippen molar-refractivity contribution in [2.45, 2.75) is 64.8 Å². The Bertz CT molecular complexity index is 207. The molecule has 0 aromatic carbocycles. The Hall–Kier alpha value is -0.370. The van der Waals surface area contributed by atoms with E-state index in [0.29, 0.717) is 17.6 Å². The zero-order valence-corrected chi connectivity index (χ0v) is 10.4. The molecule has 15 heavy (non-hydrogen) atoms. The standard InChI is InChI=1S/C13H25NO/c1-4-12(15)11(14-3)10-13(2)8-6-5-7-9-13/h11,14H,4-10H2,1-3H3.